The molecule has 0 aromatic heterocycles. The summed E-state index contributed by atoms with van der Waals surface area (Å²) in [5.41, 5.74) is 0.230. The van der Waals surface area contributed by atoms with Crippen molar-refractivity contribution in [1.82, 2.24) is 4.90 Å². The number of benzene rings is 1. The molecular weight excluding hydrogens is 234 g/mol. The van der Waals surface area contributed by atoms with E-state index in [9.17, 15) is 19.8 Å². The van der Waals surface area contributed by atoms with Crippen LogP contribution < -0.4 is 0 Å². The maximum atomic E-state index is 11.5. The van der Waals surface area contributed by atoms with Crippen molar-refractivity contribution in [3.63, 3.8) is 0 Å². The van der Waals surface area contributed by atoms with Gasteiger partial charge in [0.25, 0.3) is 0 Å². The fraction of sp³-hybridized carbons (Fsp3) is 0.385. The smallest absolute Gasteiger partial charge is 0.331 e. The molecule has 0 bridgehead atoms. The number of carbonyl (C=O) groups excluding carboxylic acids is 1. The third kappa shape index (κ3) is 3.00. The highest BCUT2D eigenvalue weighted by Gasteiger charge is 2.30. The van der Waals surface area contributed by atoms with Crippen molar-refractivity contribution in [1.29, 1.82) is 0 Å². The summed E-state index contributed by atoms with van der Waals surface area (Å²) >= 11 is 0. The van der Waals surface area contributed by atoms with Gasteiger partial charge in [0.05, 0.1) is 0 Å². The monoisotopic (exact) mass is 251 g/mol. The van der Waals surface area contributed by atoms with Crippen molar-refractivity contribution in [2.75, 3.05) is 6.54 Å². The number of carboxylic acids is 1. The Labute approximate surface area is 106 Å². The Morgan fingerprint density at radius 2 is 1.94 bits per heavy atom. The predicted molar refractivity (Wildman–Crippen MR) is 66.2 cm³/mol. The zero-order valence-electron chi connectivity index (χ0n) is 10.5. The van der Waals surface area contributed by atoms with Crippen LogP contribution in [0.1, 0.15) is 31.9 Å². The fourth-order valence-corrected chi connectivity index (χ4v) is 1.86. The van der Waals surface area contributed by atoms with Gasteiger partial charge in [0, 0.05) is 19.0 Å². The zero-order chi connectivity index (χ0) is 13.7. The highest BCUT2D eigenvalue weighted by atomic mass is 16.4. The first-order valence-electron chi connectivity index (χ1n) is 5.77. The lowest BCUT2D eigenvalue weighted by Gasteiger charge is -2.28. The third-order valence-electron chi connectivity index (χ3n) is 2.65. The van der Waals surface area contributed by atoms with Gasteiger partial charge in [-0.3, -0.25) is 4.79 Å². The van der Waals surface area contributed by atoms with E-state index < -0.39 is 12.0 Å². The summed E-state index contributed by atoms with van der Waals surface area (Å²) in [7, 11) is 0. The van der Waals surface area contributed by atoms with Gasteiger partial charge in [-0.25, -0.2) is 4.79 Å². The minimum atomic E-state index is -1.15. The molecular formula is C13H17NO4. The van der Waals surface area contributed by atoms with Crippen LogP contribution in [0.15, 0.2) is 24.3 Å². The van der Waals surface area contributed by atoms with Gasteiger partial charge in [0.2, 0.25) is 5.91 Å². The second-order valence-corrected chi connectivity index (χ2v) is 4.01. The molecule has 0 fully saturated rings. The number of nitrogens with zero attached hydrogens (tertiary/aromatic N) is 1. The summed E-state index contributed by atoms with van der Waals surface area (Å²) in [6.07, 6.45) is 0.650. The standard InChI is InChI=1S/C13H17NO4/c1-3-8-14(9(2)15)12(13(17)18)10-6-4-5-7-11(10)16/h4-7,12,16H,3,8H2,1-2H3,(H,17,18). The zero-order valence-corrected chi connectivity index (χ0v) is 10.5. The van der Waals surface area contributed by atoms with E-state index in [0.717, 1.165) is 0 Å². The summed E-state index contributed by atoms with van der Waals surface area (Å²) < 4.78 is 0. The number of phenolic OH excluding ortho intramolecular Hbond substituents is 1. The molecule has 5 nitrogen and oxygen atoms in total. The summed E-state index contributed by atoms with van der Waals surface area (Å²) in [6, 6.07) is 5.02. The van der Waals surface area contributed by atoms with E-state index in [1.54, 1.807) is 12.1 Å². The van der Waals surface area contributed by atoms with Crippen LogP contribution in [0.2, 0.25) is 0 Å². The minimum absolute atomic E-state index is 0.118. The fourth-order valence-electron chi connectivity index (χ4n) is 1.86. The van der Waals surface area contributed by atoms with Crippen molar-refractivity contribution in [3.8, 4) is 5.75 Å². The minimum Gasteiger partial charge on any atom is -0.508 e. The van der Waals surface area contributed by atoms with Crippen molar-refractivity contribution < 1.29 is 19.8 Å². The van der Waals surface area contributed by atoms with E-state index in [1.807, 2.05) is 6.92 Å². The van der Waals surface area contributed by atoms with Gasteiger partial charge in [0.1, 0.15) is 5.75 Å². The second-order valence-electron chi connectivity index (χ2n) is 4.01. The molecule has 5 heteroatoms. The van der Waals surface area contributed by atoms with Crippen LogP contribution in [-0.4, -0.2) is 33.5 Å². The topological polar surface area (TPSA) is 77.8 Å². The molecule has 0 saturated carbocycles. The van der Waals surface area contributed by atoms with Gasteiger partial charge in [-0.2, -0.15) is 0 Å². The number of phenols is 1. The molecule has 1 amide bonds. The highest BCUT2D eigenvalue weighted by molar-refractivity contribution is 5.84. The molecule has 0 aliphatic heterocycles. The van der Waals surface area contributed by atoms with Gasteiger partial charge in [-0.1, -0.05) is 25.1 Å². The second kappa shape index (κ2) is 6.05. The molecule has 1 atom stereocenters. The quantitative estimate of drug-likeness (QED) is 0.836. The van der Waals surface area contributed by atoms with E-state index in [2.05, 4.69) is 0 Å². The predicted octanol–water partition coefficient (Wildman–Crippen LogP) is 1.78. The van der Waals surface area contributed by atoms with Gasteiger partial charge in [0.15, 0.2) is 6.04 Å². The number of aliphatic carboxylic acids is 1. The molecule has 0 radical (unpaired) electrons. The number of para-hydroxylation sites is 1. The Morgan fingerprint density at radius 3 is 2.39 bits per heavy atom. The first kappa shape index (κ1) is 14.0. The largest absolute Gasteiger partial charge is 0.508 e. The van der Waals surface area contributed by atoms with Crippen molar-refractivity contribution in [3.05, 3.63) is 29.8 Å². The SMILES string of the molecule is CCCN(C(C)=O)C(C(=O)O)c1ccccc1O. The van der Waals surface area contributed by atoms with Crippen LogP contribution in [-0.2, 0) is 9.59 Å². The Bertz CT molecular complexity index is 444. The van der Waals surface area contributed by atoms with Crippen molar-refractivity contribution >= 4 is 11.9 Å². The normalized spacial score (nSPS) is 11.9. The van der Waals surface area contributed by atoms with Crippen LogP contribution in [0.3, 0.4) is 0 Å². The number of carboxylic acid groups (broad SMARTS) is 1. The maximum absolute atomic E-state index is 11.5. The van der Waals surface area contributed by atoms with Crippen LogP contribution in [0.25, 0.3) is 0 Å². The molecule has 1 rings (SSSR count). The molecule has 0 aliphatic rings. The Hall–Kier alpha value is -2.04. The molecule has 0 spiro atoms. The number of hydrogen-bond acceptors (Lipinski definition) is 3. The first-order valence-corrected chi connectivity index (χ1v) is 5.77. The molecule has 18 heavy (non-hydrogen) atoms. The lowest BCUT2D eigenvalue weighted by molar-refractivity contribution is -0.149. The molecule has 1 unspecified atom stereocenters. The lowest BCUT2D eigenvalue weighted by atomic mass is 10.0. The number of hydrogen-bond donors (Lipinski definition) is 2. The summed E-state index contributed by atoms with van der Waals surface area (Å²) in [6.45, 7) is 3.52. The number of carbonyl (C=O) groups is 2. The molecule has 98 valence electrons. The molecule has 1 aromatic rings. The first-order chi connectivity index (χ1) is 8.49. The van der Waals surface area contributed by atoms with E-state index >= 15 is 0 Å². The third-order valence-corrected chi connectivity index (χ3v) is 2.65. The Morgan fingerprint density at radius 1 is 1.33 bits per heavy atom. The lowest BCUT2D eigenvalue weighted by Crippen LogP contribution is -2.38. The molecule has 0 saturated heterocycles. The molecule has 2 N–H and O–H groups in total. The van der Waals surface area contributed by atoms with Crippen LogP contribution in [0, 0.1) is 0 Å². The van der Waals surface area contributed by atoms with Crippen LogP contribution in [0.5, 0.6) is 5.75 Å². The Kier molecular flexibility index (Phi) is 4.71. The van der Waals surface area contributed by atoms with E-state index in [4.69, 9.17) is 0 Å². The number of amides is 1. The maximum Gasteiger partial charge on any atom is 0.331 e. The van der Waals surface area contributed by atoms with Gasteiger partial charge in [-0.05, 0) is 12.5 Å². The average Bonchev–Trinajstić information content (AvgIpc) is 2.30. The van der Waals surface area contributed by atoms with Gasteiger partial charge >= 0.3 is 5.97 Å². The van der Waals surface area contributed by atoms with Gasteiger partial charge < -0.3 is 15.1 Å². The summed E-state index contributed by atoms with van der Waals surface area (Å²) in [4.78, 5) is 24.2. The highest BCUT2D eigenvalue weighted by Crippen LogP contribution is 2.29. The van der Waals surface area contributed by atoms with Crippen molar-refractivity contribution in [2.24, 2.45) is 0 Å². The van der Waals surface area contributed by atoms with Crippen LogP contribution in [0.4, 0.5) is 0 Å². The summed E-state index contributed by atoms with van der Waals surface area (Å²) in [5.74, 6) is -1.60. The van der Waals surface area contributed by atoms with Crippen LogP contribution >= 0.6 is 0 Å². The van der Waals surface area contributed by atoms with Crippen molar-refractivity contribution in [2.45, 2.75) is 26.3 Å². The number of aromatic hydroxyl groups is 1. The molecule has 1 aromatic carbocycles. The Balaban J connectivity index is 3.20. The van der Waals surface area contributed by atoms with E-state index in [-0.39, 0.29) is 17.2 Å². The van der Waals surface area contributed by atoms with Gasteiger partial charge in [-0.15, -0.1) is 0 Å². The average molecular weight is 251 g/mol. The molecule has 0 heterocycles. The van der Waals surface area contributed by atoms with E-state index in [1.165, 1.54) is 24.0 Å². The summed E-state index contributed by atoms with van der Waals surface area (Å²) in [5, 5.41) is 19.0. The molecule has 0 aliphatic carbocycles. The van der Waals surface area contributed by atoms with E-state index in [0.29, 0.717) is 13.0 Å². The number of rotatable bonds is 5.